The average Bonchev–Trinajstić information content (AvgIpc) is 2.81. The van der Waals surface area contributed by atoms with Crippen molar-refractivity contribution in [3.05, 3.63) is 68.1 Å². The Hall–Kier alpha value is -0.640. The van der Waals surface area contributed by atoms with Crippen LogP contribution < -0.4 is 5.32 Å². The molecule has 0 aliphatic heterocycles. The number of fused-ring (bicyclic) bond motifs is 1. The topological polar surface area (TPSA) is 12.0 Å². The molecule has 0 amide bonds. The highest BCUT2D eigenvalue weighted by Crippen LogP contribution is 2.34. The lowest BCUT2D eigenvalue weighted by atomic mass is 10.0. The van der Waals surface area contributed by atoms with E-state index in [1.807, 2.05) is 0 Å². The van der Waals surface area contributed by atoms with Gasteiger partial charge in [0.25, 0.3) is 0 Å². The van der Waals surface area contributed by atoms with Gasteiger partial charge in [0.1, 0.15) is 0 Å². The number of aryl methyl sites for hydroxylation is 1. The summed E-state index contributed by atoms with van der Waals surface area (Å²) in [6.45, 7) is 2.23. The van der Waals surface area contributed by atoms with E-state index in [2.05, 4.69) is 86.6 Å². The molecule has 0 fully saturated rings. The molecule has 0 saturated carbocycles. The number of benzene rings is 2. The van der Waals surface area contributed by atoms with Gasteiger partial charge in [-0.1, -0.05) is 50.1 Å². The second-order valence-corrected chi connectivity index (χ2v) is 7.21. The SMILES string of the molecule is C[C@H](NC1CCc2cc(Br)ccc21)c1cccc(Br)c1. The number of hydrogen-bond acceptors (Lipinski definition) is 1. The van der Waals surface area contributed by atoms with Crippen molar-refractivity contribution in [1.29, 1.82) is 0 Å². The number of hydrogen-bond donors (Lipinski definition) is 1. The van der Waals surface area contributed by atoms with Crippen LogP contribution in [0.4, 0.5) is 0 Å². The Morgan fingerprint density at radius 3 is 2.70 bits per heavy atom. The van der Waals surface area contributed by atoms with Crippen molar-refractivity contribution in [2.24, 2.45) is 0 Å². The maximum Gasteiger partial charge on any atom is 0.0331 e. The maximum absolute atomic E-state index is 3.76. The van der Waals surface area contributed by atoms with Crippen LogP contribution in [-0.4, -0.2) is 0 Å². The number of nitrogens with one attached hydrogen (secondary N) is 1. The zero-order valence-electron chi connectivity index (χ0n) is 11.4. The molecule has 104 valence electrons. The first kappa shape index (κ1) is 14.3. The lowest BCUT2D eigenvalue weighted by Crippen LogP contribution is -2.23. The maximum atomic E-state index is 3.76. The normalized spacial score (nSPS) is 18.9. The van der Waals surface area contributed by atoms with Gasteiger partial charge >= 0.3 is 0 Å². The highest BCUT2D eigenvalue weighted by Gasteiger charge is 2.23. The predicted octanol–water partition coefficient (Wildman–Crippen LogP) is 5.55. The van der Waals surface area contributed by atoms with Crippen LogP contribution in [0.3, 0.4) is 0 Å². The molecule has 3 rings (SSSR count). The molecular formula is C17H17Br2N. The van der Waals surface area contributed by atoms with Gasteiger partial charge in [-0.15, -0.1) is 0 Å². The van der Waals surface area contributed by atoms with Gasteiger partial charge in [0, 0.05) is 21.0 Å². The zero-order chi connectivity index (χ0) is 14.1. The molecular weight excluding hydrogens is 378 g/mol. The average molecular weight is 395 g/mol. The third kappa shape index (κ3) is 3.00. The largest absolute Gasteiger partial charge is 0.303 e. The highest BCUT2D eigenvalue weighted by atomic mass is 79.9. The third-order valence-corrected chi connectivity index (χ3v) is 4.97. The standard InChI is InChI=1S/C17H17Br2N/c1-11(12-3-2-4-14(18)9-12)20-17-8-5-13-10-15(19)6-7-16(13)17/h2-4,6-7,9-11,17,20H,5,8H2,1H3/t11-,17?/m0/s1. The first-order valence-corrected chi connectivity index (χ1v) is 8.52. The van der Waals surface area contributed by atoms with E-state index in [0.717, 1.165) is 10.9 Å². The summed E-state index contributed by atoms with van der Waals surface area (Å²) in [6, 6.07) is 16.0. The Balaban J connectivity index is 1.77. The van der Waals surface area contributed by atoms with Gasteiger partial charge in [-0.25, -0.2) is 0 Å². The van der Waals surface area contributed by atoms with E-state index < -0.39 is 0 Å². The van der Waals surface area contributed by atoms with Crippen molar-refractivity contribution in [1.82, 2.24) is 5.32 Å². The molecule has 0 heterocycles. The van der Waals surface area contributed by atoms with Crippen LogP contribution in [0, 0.1) is 0 Å². The van der Waals surface area contributed by atoms with Crippen molar-refractivity contribution < 1.29 is 0 Å². The summed E-state index contributed by atoms with van der Waals surface area (Å²) in [6.07, 6.45) is 2.35. The molecule has 1 aliphatic rings. The Morgan fingerprint density at radius 1 is 1.10 bits per heavy atom. The molecule has 1 aliphatic carbocycles. The molecule has 1 nitrogen and oxygen atoms in total. The van der Waals surface area contributed by atoms with Gasteiger partial charge < -0.3 is 5.32 Å². The molecule has 3 heteroatoms. The molecule has 0 aromatic heterocycles. The molecule has 20 heavy (non-hydrogen) atoms. The fourth-order valence-corrected chi connectivity index (χ4v) is 3.76. The van der Waals surface area contributed by atoms with Crippen molar-refractivity contribution in [3.63, 3.8) is 0 Å². The van der Waals surface area contributed by atoms with E-state index in [1.165, 1.54) is 27.6 Å². The van der Waals surface area contributed by atoms with Crippen LogP contribution in [0.2, 0.25) is 0 Å². The lowest BCUT2D eigenvalue weighted by Gasteiger charge is -2.21. The fourth-order valence-electron chi connectivity index (χ4n) is 2.93. The molecule has 2 atom stereocenters. The van der Waals surface area contributed by atoms with Gasteiger partial charge in [0.05, 0.1) is 0 Å². The van der Waals surface area contributed by atoms with Crippen LogP contribution in [0.15, 0.2) is 51.4 Å². The van der Waals surface area contributed by atoms with Gasteiger partial charge in [-0.3, -0.25) is 0 Å². The van der Waals surface area contributed by atoms with Crippen LogP contribution in [-0.2, 0) is 6.42 Å². The first-order chi connectivity index (χ1) is 9.63. The quantitative estimate of drug-likeness (QED) is 0.719. The van der Waals surface area contributed by atoms with Crippen molar-refractivity contribution in [2.45, 2.75) is 31.8 Å². The van der Waals surface area contributed by atoms with E-state index in [4.69, 9.17) is 0 Å². The van der Waals surface area contributed by atoms with E-state index in [1.54, 1.807) is 0 Å². The summed E-state index contributed by atoms with van der Waals surface area (Å²) in [5, 5.41) is 3.76. The lowest BCUT2D eigenvalue weighted by molar-refractivity contribution is 0.465. The zero-order valence-corrected chi connectivity index (χ0v) is 14.5. The van der Waals surface area contributed by atoms with Crippen molar-refractivity contribution >= 4 is 31.9 Å². The van der Waals surface area contributed by atoms with E-state index >= 15 is 0 Å². The van der Waals surface area contributed by atoms with Crippen LogP contribution >= 0.6 is 31.9 Å². The minimum atomic E-state index is 0.354. The minimum Gasteiger partial charge on any atom is -0.303 e. The molecule has 0 bridgehead atoms. The van der Waals surface area contributed by atoms with E-state index in [-0.39, 0.29) is 0 Å². The predicted molar refractivity (Wildman–Crippen MR) is 90.9 cm³/mol. The van der Waals surface area contributed by atoms with Gasteiger partial charge in [-0.2, -0.15) is 0 Å². The summed E-state index contributed by atoms with van der Waals surface area (Å²) >= 11 is 7.10. The van der Waals surface area contributed by atoms with Gasteiger partial charge in [0.15, 0.2) is 0 Å². The molecule has 2 aromatic rings. The number of halogens is 2. The van der Waals surface area contributed by atoms with Crippen LogP contribution in [0.25, 0.3) is 0 Å². The third-order valence-electron chi connectivity index (χ3n) is 3.98. The Labute approximate surface area is 137 Å². The summed E-state index contributed by atoms with van der Waals surface area (Å²) in [5.41, 5.74) is 4.25. The summed E-state index contributed by atoms with van der Waals surface area (Å²) in [7, 11) is 0. The second-order valence-electron chi connectivity index (χ2n) is 5.38. The van der Waals surface area contributed by atoms with Crippen molar-refractivity contribution in [2.75, 3.05) is 0 Å². The van der Waals surface area contributed by atoms with Crippen molar-refractivity contribution in [3.8, 4) is 0 Å². The van der Waals surface area contributed by atoms with Crippen LogP contribution in [0.1, 0.15) is 42.1 Å². The van der Waals surface area contributed by atoms with Crippen LogP contribution in [0.5, 0.6) is 0 Å². The molecule has 0 spiro atoms. The Morgan fingerprint density at radius 2 is 1.90 bits per heavy atom. The number of rotatable bonds is 3. The minimum absolute atomic E-state index is 0.354. The molecule has 0 radical (unpaired) electrons. The Bertz CT molecular complexity index is 624. The van der Waals surface area contributed by atoms with E-state index in [0.29, 0.717) is 12.1 Å². The highest BCUT2D eigenvalue weighted by molar-refractivity contribution is 9.10. The molecule has 2 aromatic carbocycles. The Kier molecular flexibility index (Phi) is 4.29. The van der Waals surface area contributed by atoms with Gasteiger partial charge in [0.2, 0.25) is 0 Å². The first-order valence-electron chi connectivity index (χ1n) is 6.93. The second kappa shape index (κ2) is 6.00. The fraction of sp³-hybridized carbons (Fsp3) is 0.294. The summed E-state index contributed by atoms with van der Waals surface area (Å²) in [4.78, 5) is 0. The summed E-state index contributed by atoms with van der Waals surface area (Å²) in [5.74, 6) is 0. The summed E-state index contributed by atoms with van der Waals surface area (Å²) < 4.78 is 2.32. The smallest absolute Gasteiger partial charge is 0.0331 e. The monoisotopic (exact) mass is 393 g/mol. The molecule has 0 saturated heterocycles. The molecule has 1 N–H and O–H groups in total. The van der Waals surface area contributed by atoms with E-state index in [9.17, 15) is 0 Å². The molecule has 1 unspecified atom stereocenters. The van der Waals surface area contributed by atoms with Gasteiger partial charge in [-0.05, 0) is 60.7 Å².